The first-order valence-corrected chi connectivity index (χ1v) is 7.19. The van der Waals surface area contributed by atoms with Crippen molar-refractivity contribution in [2.24, 2.45) is 0 Å². The van der Waals surface area contributed by atoms with E-state index in [2.05, 4.69) is 4.72 Å². The van der Waals surface area contributed by atoms with Crippen molar-refractivity contribution in [2.75, 3.05) is 6.61 Å². The third-order valence-electron chi connectivity index (χ3n) is 2.78. The van der Waals surface area contributed by atoms with E-state index in [9.17, 15) is 18.5 Å². The Kier molecular flexibility index (Phi) is 4.98. The average molecular weight is 288 g/mol. The summed E-state index contributed by atoms with van der Waals surface area (Å²) in [4.78, 5) is 10.0. The molecule has 0 aliphatic rings. The Hall–Kier alpha value is -1.51. The number of aliphatic hydroxyl groups excluding tert-OH is 1. The Morgan fingerprint density at radius 2 is 2.11 bits per heavy atom. The van der Waals surface area contributed by atoms with E-state index in [0.717, 1.165) is 0 Å². The second kappa shape index (κ2) is 6.09. The highest BCUT2D eigenvalue weighted by atomic mass is 32.2. The zero-order valence-electron chi connectivity index (χ0n) is 10.7. The standard InChI is InChI=1S/C11H16N2O5S/c1-3-9(7-14)12-19(17,18)11-6-4-5-10(8(11)2)13(15)16/h4-6,9,12,14H,3,7H2,1-2H3/t9-/m1/s1. The van der Waals surface area contributed by atoms with Crippen molar-refractivity contribution in [3.05, 3.63) is 33.9 Å². The summed E-state index contributed by atoms with van der Waals surface area (Å²) in [6, 6.07) is 3.26. The number of hydrogen-bond acceptors (Lipinski definition) is 5. The van der Waals surface area contributed by atoms with Gasteiger partial charge in [0.25, 0.3) is 5.69 Å². The van der Waals surface area contributed by atoms with Crippen LogP contribution in [0.15, 0.2) is 23.1 Å². The molecule has 0 aromatic heterocycles. The third-order valence-corrected chi connectivity index (χ3v) is 4.44. The van der Waals surface area contributed by atoms with Gasteiger partial charge in [-0.15, -0.1) is 0 Å². The summed E-state index contributed by atoms with van der Waals surface area (Å²) in [6.07, 6.45) is 0.420. The predicted molar refractivity (Wildman–Crippen MR) is 69.3 cm³/mol. The van der Waals surface area contributed by atoms with Gasteiger partial charge in [-0.05, 0) is 19.4 Å². The minimum atomic E-state index is -3.88. The Bertz CT molecular complexity index is 566. The number of nitrogens with one attached hydrogen (secondary N) is 1. The highest BCUT2D eigenvalue weighted by Crippen LogP contribution is 2.24. The first kappa shape index (κ1) is 15.5. The summed E-state index contributed by atoms with van der Waals surface area (Å²) in [5.41, 5.74) is -0.173. The molecule has 106 valence electrons. The highest BCUT2D eigenvalue weighted by Gasteiger charge is 2.24. The fourth-order valence-corrected chi connectivity index (χ4v) is 3.20. The second-order valence-corrected chi connectivity index (χ2v) is 5.75. The van der Waals surface area contributed by atoms with Crippen LogP contribution in [0, 0.1) is 17.0 Å². The zero-order chi connectivity index (χ0) is 14.6. The van der Waals surface area contributed by atoms with Gasteiger partial charge >= 0.3 is 0 Å². The van der Waals surface area contributed by atoms with Crippen molar-refractivity contribution in [1.82, 2.24) is 4.72 Å². The number of aliphatic hydroxyl groups is 1. The molecular formula is C11H16N2O5S. The lowest BCUT2D eigenvalue weighted by Gasteiger charge is -2.15. The van der Waals surface area contributed by atoms with Crippen LogP contribution in [0.4, 0.5) is 5.69 Å². The number of rotatable bonds is 6. The molecule has 0 saturated heterocycles. The molecule has 0 radical (unpaired) electrons. The van der Waals surface area contributed by atoms with Gasteiger partial charge < -0.3 is 5.11 Å². The molecule has 8 heteroatoms. The molecule has 0 bridgehead atoms. The molecule has 7 nitrogen and oxygen atoms in total. The van der Waals surface area contributed by atoms with Crippen LogP contribution in [0.5, 0.6) is 0 Å². The summed E-state index contributed by atoms with van der Waals surface area (Å²) in [7, 11) is -3.88. The maximum Gasteiger partial charge on any atom is 0.273 e. The molecular weight excluding hydrogens is 272 g/mol. The van der Waals surface area contributed by atoms with E-state index in [4.69, 9.17) is 5.11 Å². The minimum absolute atomic E-state index is 0.0767. The largest absolute Gasteiger partial charge is 0.395 e. The van der Waals surface area contributed by atoms with E-state index in [0.29, 0.717) is 6.42 Å². The Labute approximate surface area is 111 Å². The van der Waals surface area contributed by atoms with Gasteiger partial charge in [-0.2, -0.15) is 0 Å². The van der Waals surface area contributed by atoms with E-state index >= 15 is 0 Å². The fraction of sp³-hybridized carbons (Fsp3) is 0.455. The van der Waals surface area contributed by atoms with Crippen LogP contribution in [-0.2, 0) is 10.0 Å². The molecule has 19 heavy (non-hydrogen) atoms. The van der Waals surface area contributed by atoms with E-state index < -0.39 is 21.0 Å². The number of nitro groups is 1. The third kappa shape index (κ3) is 3.49. The zero-order valence-corrected chi connectivity index (χ0v) is 11.5. The van der Waals surface area contributed by atoms with Gasteiger partial charge in [0.1, 0.15) is 0 Å². The normalized spacial score (nSPS) is 13.2. The SMILES string of the molecule is CC[C@H](CO)NS(=O)(=O)c1cccc([N+](=O)[O-])c1C. The molecule has 1 aromatic rings. The van der Waals surface area contributed by atoms with Crippen molar-refractivity contribution in [2.45, 2.75) is 31.2 Å². The van der Waals surface area contributed by atoms with Crippen LogP contribution in [0.2, 0.25) is 0 Å². The van der Waals surface area contributed by atoms with Crippen molar-refractivity contribution in [1.29, 1.82) is 0 Å². The van der Waals surface area contributed by atoms with Gasteiger partial charge in [-0.25, -0.2) is 13.1 Å². The van der Waals surface area contributed by atoms with Gasteiger partial charge in [-0.3, -0.25) is 10.1 Å². The van der Waals surface area contributed by atoms with E-state index in [1.165, 1.54) is 25.1 Å². The topological polar surface area (TPSA) is 110 Å². The van der Waals surface area contributed by atoms with Crippen molar-refractivity contribution in [3.63, 3.8) is 0 Å². The van der Waals surface area contributed by atoms with Crippen molar-refractivity contribution < 1.29 is 18.4 Å². The molecule has 0 fully saturated rings. The number of nitro benzene ring substituents is 1. The fourth-order valence-electron chi connectivity index (χ4n) is 1.62. The smallest absolute Gasteiger partial charge is 0.273 e. The highest BCUT2D eigenvalue weighted by molar-refractivity contribution is 7.89. The minimum Gasteiger partial charge on any atom is -0.395 e. The van der Waals surface area contributed by atoms with Crippen LogP contribution in [0.1, 0.15) is 18.9 Å². The molecule has 1 atom stereocenters. The quantitative estimate of drug-likeness (QED) is 0.598. The Morgan fingerprint density at radius 3 is 2.58 bits per heavy atom. The predicted octanol–water partition coefficient (Wildman–Crippen LogP) is 0.952. The average Bonchev–Trinajstić information content (AvgIpc) is 2.35. The van der Waals surface area contributed by atoms with Crippen molar-refractivity contribution in [3.8, 4) is 0 Å². The van der Waals surface area contributed by atoms with Gasteiger partial charge in [0.2, 0.25) is 10.0 Å². The van der Waals surface area contributed by atoms with Gasteiger partial charge in [0, 0.05) is 17.7 Å². The van der Waals surface area contributed by atoms with Crippen LogP contribution in [0.3, 0.4) is 0 Å². The lowest BCUT2D eigenvalue weighted by Crippen LogP contribution is -2.37. The Balaban J connectivity index is 3.22. The second-order valence-electron chi connectivity index (χ2n) is 4.07. The molecule has 0 spiro atoms. The number of hydrogen-bond donors (Lipinski definition) is 2. The van der Waals surface area contributed by atoms with E-state index in [1.54, 1.807) is 6.92 Å². The maximum absolute atomic E-state index is 12.1. The van der Waals surface area contributed by atoms with Crippen LogP contribution in [-0.4, -0.2) is 31.1 Å². The van der Waals surface area contributed by atoms with Gasteiger partial charge in [0.15, 0.2) is 0 Å². The van der Waals surface area contributed by atoms with Crippen LogP contribution >= 0.6 is 0 Å². The number of nitrogens with zero attached hydrogens (tertiary/aromatic N) is 1. The lowest BCUT2D eigenvalue weighted by molar-refractivity contribution is -0.385. The molecule has 2 N–H and O–H groups in total. The molecule has 0 amide bonds. The van der Waals surface area contributed by atoms with Gasteiger partial charge in [0.05, 0.1) is 16.4 Å². The van der Waals surface area contributed by atoms with E-state index in [1.807, 2.05) is 0 Å². The molecule has 0 saturated carbocycles. The summed E-state index contributed by atoms with van der Waals surface area (Å²) in [5, 5.41) is 19.8. The van der Waals surface area contributed by atoms with Crippen LogP contribution in [0.25, 0.3) is 0 Å². The van der Waals surface area contributed by atoms with Crippen molar-refractivity contribution >= 4 is 15.7 Å². The lowest BCUT2D eigenvalue weighted by atomic mass is 10.2. The molecule has 1 rings (SSSR count). The molecule has 0 aliphatic heterocycles. The monoisotopic (exact) mass is 288 g/mol. The number of sulfonamides is 1. The Morgan fingerprint density at radius 1 is 1.47 bits per heavy atom. The maximum atomic E-state index is 12.1. The van der Waals surface area contributed by atoms with Crippen LogP contribution < -0.4 is 4.72 Å². The summed E-state index contributed by atoms with van der Waals surface area (Å²) in [5.74, 6) is 0. The summed E-state index contributed by atoms with van der Waals surface area (Å²) in [6.45, 7) is 2.78. The summed E-state index contributed by atoms with van der Waals surface area (Å²) >= 11 is 0. The van der Waals surface area contributed by atoms with E-state index in [-0.39, 0.29) is 22.8 Å². The molecule has 0 aliphatic carbocycles. The summed E-state index contributed by atoms with van der Waals surface area (Å²) < 4.78 is 26.5. The number of benzene rings is 1. The molecule has 1 aromatic carbocycles. The molecule has 0 unspecified atom stereocenters. The molecule has 0 heterocycles. The first-order valence-electron chi connectivity index (χ1n) is 5.70. The van der Waals surface area contributed by atoms with Gasteiger partial charge in [-0.1, -0.05) is 13.0 Å². The first-order chi connectivity index (χ1) is 8.83.